The molecule has 1 aromatic heterocycles. The predicted octanol–water partition coefficient (Wildman–Crippen LogP) is 3.42. The molecule has 1 aliphatic heterocycles. The molecule has 3 rings (SSSR count). The number of hydrogen-bond acceptors (Lipinski definition) is 5. The lowest BCUT2D eigenvalue weighted by Gasteiger charge is -2.19. The third kappa shape index (κ3) is 3.60. The predicted molar refractivity (Wildman–Crippen MR) is 94.7 cm³/mol. The Hall–Kier alpha value is -1.92. The standard InChI is InChI=1S/C18H22N2O3S/c1-11(15-5-4-10-23-15)19-17(21)16-12(2)20-18(24-16)13-6-8-14(22-3)9-7-13/h6-9,11,15H,4-5,10H2,1-3H3,(H,19,21)/t11-,15+/m1/s1. The normalized spacial score (nSPS) is 18.4. The van der Waals surface area contributed by atoms with Gasteiger partial charge in [0, 0.05) is 12.2 Å². The second kappa shape index (κ2) is 7.32. The van der Waals surface area contributed by atoms with E-state index in [1.807, 2.05) is 38.1 Å². The van der Waals surface area contributed by atoms with Crippen LogP contribution in [0.2, 0.25) is 0 Å². The van der Waals surface area contributed by atoms with Gasteiger partial charge in [-0.1, -0.05) is 0 Å². The Morgan fingerprint density at radius 3 is 2.79 bits per heavy atom. The molecule has 6 heteroatoms. The summed E-state index contributed by atoms with van der Waals surface area (Å²) in [4.78, 5) is 17.8. The number of ether oxygens (including phenoxy) is 2. The number of thiazole rings is 1. The van der Waals surface area contributed by atoms with Crippen molar-refractivity contribution in [1.82, 2.24) is 10.3 Å². The summed E-state index contributed by atoms with van der Waals surface area (Å²) in [6, 6.07) is 7.70. The Kier molecular flexibility index (Phi) is 5.16. The fraction of sp³-hybridized carbons (Fsp3) is 0.444. The Bertz CT molecular complexity index is 706. The van der Waals surface area contributed by atoms with Crippen LogP contribution in [0.3, 0.4) is 0 Å². The van der Waals surface area contributed by atoms with Gasteiger partial charge in [-0.3, -0.25) is 4.79 Å². The molecule has 0 bridgehead atoms. The van der Waals surface area contributed by atoms with Crippen LogP contribution < -0.4 is 10.1 Å². The SMILES string of the molecule is COc1ccc(-c2nc(C)c(C(=O)N[C@H](C)[C@@H]3CCCO3)s2)cc1. The van der Waals surface area contributed by atoms with Gasteiger partial charge in [-0.25, -0.2) is 4.98 Å². The number of carbonyl (C=O) groups excluding carboxylic acids is 1. The monoisotopic (exact) mass is 346 g/mol. The number of nitrogens with zero attached hydrogens (tertiary/aromatic N) is 1. The fourth-order valence-corrected chi connectivity index (χ4v) is 3.80. The van der Waals surface area contributed by atoms with Crippen LogP contribution in [0.15, 0.2) is 24.3 Å². The van der Waals surface area contributed by atoms with Gasteiger partial charge in [-0.05, 0) is 51.0 Å². The lowest BCUT2D eigenvalue weighted by atomic mass is 10.1. The molecule has 2 heterocycles. The van der Waals surface area contributed by atoms with Gasteiger partial charge in [-0.15, -0.1) is 11.3 Å². The van der Waals surface area contributed by atoms with E-state index in [1.54, 1.807) is 7.11 Å². The van der Waals surface area contributed by atoms with E-state index in [0.29, 0.717) is 4.88 Å². The van der Waals surface area contributed by atoms with Crippen molar-refractivity contribution in [3.63, 3.8) is 0 Å². The van der Waals surface area contributed by atoms with Crippen molar-refractivity contribution in [2.45, 2.75) is 38.8 Å². The van der Waals surface area contributed by atoms with E-state index in [0.717, 1.165) is 41.5 Å². The lowest BCUT2D eigenvalue weighted by Crippen LogP contribution is -2.40. The van der Waals surface area contributed by atoms with E-state index in [-0.39, 0.29) is 18.1 Å². The minimum atomic E-state index is -0.0761. The van der Waals surface area contributed by atoms with Crippen LogP contribution in [0.25, 0.3) is 10.6 Å². The largest absolute Gasteiger partial charge is 0.497 e. The van der Waals surface area contributed by atoms with Crippen LogP contribution in [-0.4, -0.2) is 36.8 Å². The van der Waals surface area contributed by atoms with Crippen LogP contribution in [0.5, 0.6) is 5.75 Å². The van der Waals surface area contributed by atoms with Crippen LogP contribution in [0, 0.1) is 6.92 Å². The van der Waals surface area contributed by atoms with Crippen LogP contribution in [-0.2, 0) is 4.74 Å². The number of benzene rings is 1. The summed E-state index contributed by atoms with van der Waals surface area (Å²) in [6.45, 7) is 4.65. The molecule has 1 N–H and O–H groups in total. The molecule has 0 spiro atoms. The van der Waals surface area contributed by atoms with Gasteiger partial charge in [0.1, 0.15) is 15.6 Å². The summed E-state index contributed by atoms with van der Waals surface area (Å²) in [6.07, 6.45) is 2.18. The maximum atomic E-state index is 12.6. The van der Waals surface area contributed by atoms with Gasteiger partial charge in [0.05, 0.1) is 24.9 Å². The second-order valence-electron chi connectivity index (χ2n) is 5.98. The molecule has 128 valence electrons. The molecule has 2 atom stereocenters. The average molecular weight is 346 g/mol. The number of amides is 1. The van der Waals surface area contributed by atoms with E-state index in [9.17, 15) is 4.79 Å². The first-order chi connectivity index (χ1) is 11.6. The first kappa shape index (κ1) is 16.9. The highest BCUT2D eigenvalue weighted by molar-refractivity contribution is 7.17. The van der Waals surface area contributed by atoms with Crippen molar-refractivity contribution in [1.29, 1.82) is 0 Å². The Labute approximate surface area is 146 Å². The Balaban J connectivity index is 1.73. The summed E-state index contributed by atoms with van der Waals surface area (Å²) in [5.74, 6) is 0.725. The van der Waals surface area contributed by atoms with Crippen molar-refractivity contribution in [2.24, 2.45) is 0 Å². The smallest absolute Gasteiger partial charge is 0.263 e. The highest BCUT2D eigenvalue weighted by atomic mass is 32.1. The highest BCUT2D eigenvalue weighted by Crippen LogP contribution is 2.29. The zero-order valence-corrected chi connectivity index (χ0v) is 15.0. The third-order valence-corrected chi connectivity index (χ3v) is 5.43. The quantitative estimate of drug-likeness (QED) is 0.901. The van der Waals surface area contributed by atoms with Crippen molar-refractivity contribution in [3.8, 4) is 16.3 Å². The molecule has 0 aliphatic carbocycles. The van der Waals surface area contributed by atoms with Gasteiger partial charge >= 0.3 is 0 Å². The Morgan fingerprint density at radius 1 is 1.42 bits per heavy atom. The molecule has 0 unspecified atom stereocenters. The number of rotatable bonds is 5. The maximum Gasteiger partial charge on any atom is 0.263 e. The van der Waals surface area contributed by atoms with Gasteiger partial charge in [0.2, 0.25) is 0 Å². The van der Waals surface area contributed by atoms with Crippen molar-refractivity contribution < 1.29 is 14.3 Å². The van der Waals surface area contributed by atoms with Gasteiger partial charge in [0.25, 0.3) is 5.91 Å². The molecule has 2 aromatic rings. The minimum Gasteiger partial charge on any atom is -0.497 e. The molecule has 5 nitrogen and oxygen atoms in total. The van der Waals surface area contributed by atoms with Crippen molar-refractivity contribution in [3.05, 3.63) is 34.8 Å². The molecule has 1 fully saturated rings. The molecule has 0 saturated carbocycles. The van der Waals surface area contributed by atoms with Crippen LogP contribution in [0.1, 0.15) is 35.1 Å². The van der Waals surface area contributed by atoms with Gasteiger partial charge in [0.15, 0.2) is 0 Å². The molecule has 0 radical (unpaired) electrons. The van der Waals surface area contributed by atoms with Crippen LogP contribution in [0.4, 0.5) is 0 Å². The number of nitrogens with one attached hydrogen (secondary N) is 1. The molecular formula is C18H22N2O3S. The number of hydrogen-bond donors (Lipinski definition) is 1. The van der Waals surface area contributed by atoms with E-state index in [2.05, 4.69) is 10.3 Å². The van der Waals surface area contributed by atoms with Crippen molar-refractivity contribution in [2.75, 3.05) is 13.7 Å². The number of methoxy groups -OCH3 is 1. The first-order valence-corrected chi connectivity index (χ1v) is 8.94. The Morgan fingerprint density at radius 2 is 2.17 bits per heavy atom. The fourth-order valence-electron chi connectivity index (χ4n) is 2.83. The zero-order chi connectivity index (χ0) is 17.1. The zero-order valence-electron chi connectivity index (χ0n) is 14.2. The second-order valence-corrected chi connectivity index (χ2v) is 6.97. The van der Waals surface area contributed by atoms with Gasteiger partial charge < -0.3 is 14.8 Å². The van der Waals surface area contributed by atoms with E-state index >= 15 is 0 Å². The number of aryl methyl sites for hydroxylation is 1. The third-order valence-electron chi connectivity index (χ3n) is 4.22. The summed E-state index contributed by atoms with van der Waals surface area (Å²) in [5.41, 5.74) is 1.73. The topological polar surface area (TPSA) is 60.5 Å². The van der Waals surface area contributed by atoms with E-state index in [4.69, 9.17) is 9.47 Å². The minimum absolute atomic E-state index is 0.00550. The summed E-state index contributed by atoms with van der Waals surface area (Å²) >= 11 is 1.41. The molecule has 1 aliphatic rings. The lowest BCUT2D eigenvalue weighted by molar-refractivity contribution is 0.0714. The van der Waals surface area contributed by atoms with E-state index in [1.165, 1.54) is 11.3 Å². The summed E-state index contributed by atoms with van der Waals surface area (Å²) < 4.78 is 10.8. The molecule has 1 amide bonds. The number of carbonyl (C=O) groups is 1. The average Bonchev–Trinajstić information content (AvgIpc) is 3.24. The number of aromatic nitrogens is 1. The molecule has 24 heavy (non-hydrogen) atoms. The maximum absolute atomic E-state index is 12.6. The summed E-state index contributed by atoms with van der Waals surface area (Å²) in [7, 11) is 1.64. The van der Waals surface area contributed by atoms with Crippen LogP contribution >= 0.6 is 11.3 Å². The first-order valence-electron chi connectivity index (χ1n) is 8.13. The molecular weight excluding hydrogens is 324 g/mol. The summed E-state index contributed by atoms with van der Waals surface area (Å²) in [5, 5.41) is 3.89. The molecule has 1 aromatic carbocycles. The van der Waals surface area contributed by atoms with E-state index < -0.39 is 0 Å². The van der Waals surface area contributed by atoms with Crippen molar-refractivity contribution >= 4 is 17.2 Å². The van der Waals surface area contributed by atoms with Gasteiger partial charge in [-0.2, -0.15) is 0 Å². The molecule has 1 saturated heterocycles. The highest BCUT2D eigenvalue weighted by Gasteiger charge is 2.25.